The topological polar surface area (TPSA) is 12.9 Å². The Bertz CT molecular complexity index is 241. The average Bonchev–Trinajstić information content (AvgIpc) is 1.95. The molecule has 1 rings (SSSR count). The van der Waals surface area contributed by atoms with Crippen molar-refractivity contribution in [1.82, 2.24) is 4.98 Å². The zero-order valence-corrected chi connectivity index (χ0v) is 6.84. The lowest BCUT2D eigenvalue weighted by Gasteiger charge is -1.94. The fourth-order valence-corrected chi connectivity index (χ4v) is 0.995. The summed E-state index contributed by atoms with van der Waals surface area (Å²) in [6.45, 7) is 0. The third-order valence-electron chi connectivity index (χ3n) is 0.987. The van der Waals surface area contributed by atoms with Crippen LogP contribution in [-0.4, -0.2) is 11.2 Å². The molecule has 4 heteroatoms. The fourth-order valence-electron chi connectivity index (χ4n) is 0.514. The van der Waals surface area contributed by atoms with Crippen LogP contribution < -0.4 is 0 Å². The van der Waals surface area contributed by atoms with E-state index in [0.717, 1.165) is 0 Å². The second-order valence-electron chi connectivity index (χ2n) is 1.63. The number of halogens is 2. The maximum absolute atomic E-state index is 12.5. The number of rotatable bonds is 1. The minimum absolute atomic E-state index is 0.0674. The molecule has 0 aromatic carbocycles. The molecular weight excluding hydrogens is 173 g/mol. The monoisotopic (exact) mass is 177 g/mol. The molecule has 1 aromatic heterocycles. The molecule has 0 N–H and O–H groups in total. The van der Waals surface area contributed by atoms with Gasteiger partial charge in [-0.3, -0.25) is 0 Å². The van der Waals surface area contributed by atoms with E-state index in [9.17, 15) is 4.39 Å². The number of nitrogens with zero attached hydrogens (tertiary/aromatic N) is 1. The lowest BCUT2D eigenvalue weighted by atomic mass is 10.5. The lowest BCUT2D eigenvalue weighted by molar-refractivity contribution is 0.573. The van der Waals surface area contributed by atoms with Crippen molar-refractivity contribution < 1.29 is 4.39 Å². The van der Waals surface area contributed by atoms with Gasteiger partial charge in [0.15, 0.2) is 0 Å². The molecule has 0 spiro atoms. The summed E-state index contributed by atoms with van der Waals surface area (Å²) in [6, 6.07) is 3.17. The van der Waals surface area contributed by atoms with Gasteiger partial charge in [0.05, 0.1) is 10.0 Å². The summed E-state index contributed by atoms with van der Waals surface area (Å²) in [7, 11) is 0. The second-order valence-corrected chi connectivity index (χ2v) is 2.86. The van der Waals surface area contributed by atoms with Crippen LogP contribution in [0, 0.1) is 5.95 Å². The van der Waals surface area contributed by atoms with Crippen LogP contribution in [0.4, 0.5) is 4.39 Å². The molecule has 0 atom stereocenters. The van der Waals surface area contributed by atoms with Crippen LogP contribution in [-0.2, 0) is 0 Å². The van der Waals surface area contributed by atoms with Gasteiger partial charge < -0.3 is 0 Å². The molecule has 0 saturated carbocycles. The zero-order chi connectivity index (χ0) is 7.56. The first kappa shape index (κ1) is 7.82. The Labute approximate surface area is 67.6 Å². The van der Waals surface area contributed by atoms with E-state index >= 15 is 0 Å². The zero-order valence-electron chi connectivity index (χ0n) is 5.27. The van der Waals surface area contributed by atoms with Gasteiger partial charge in [0.25, 0.3) is 0 Å². The predicted octanol–water partition coefficient (Wildman–Crippen LogP) is 2.60. The number of hydrogen-bond acceptors (Lipinski definition) is 2. The van der Waals surface area contributed by atoms with Crippen LogP contribution in [0.2, 0.25) is 5.02 Å². The normalized spacial score (nSPS) is 9.90. The summed E-state index contributed by atoms with van der Waals surface area (Å²) >= 11 is 6.77. The van der Waals surface area contributed by atoms with Crippen molar-refractivity contribution in [2.45, 2.75) is 5.03 Å². The first-order chi connectivity index (χ1) is 4.74. The molecule has 1 nitrogen and oxygen atoms in total. The largest absolute Gasteiger partial charge is 0.232 e. The molecule has 0 amide bonds. The smallest absolute Gasteiger partial charge is 0.212 e. The van der Waals surface area contributed by atoms with Crippen molar-refractivity contribution in [2.24, 2.45) is 0 Å². The van der Waals surface area contributed by atoms with Crippen molar-refractivity contribution in [2.75, 3.05) is 6.26 Å². The van der Waals surface area contributed by atoms with E-state index in [1.807, 2.05) is 6.26 Å². The van der Waals surface area contributed by atoms with Crippen LogP contribution in [0.15, 0.2) is 17.2 Å². The van der Waals surface area contributed by atoms with E-state index < -0.39 is 5.95 Å². The second kappa shape index (κ2) is 3.21. The molecule has 1 heterocycles. The molecule has 1 aromatic rings. The predicted molar refractivity (Wildman–Crippen MR) is 41.0 cm³/mol. The quantitative estimate of drug-likeness (QED) is 0.483. The van der Waals surface area contributed by atoms with E-state index in [1.54, 1.807) is 6.07 Å². The van der Waals surface area contributed by atoms with Crippen LogP contribution in [0.25, 0.3) is 0 Å². The minimum atomic E-state index is -0.603. The van der Waals surface area contributed by atoms with Gasteiger partial charge in [-0.1, -0.05) is 11.6 Å². The van der Waals surface area contributed by atoms with Gasteiger partial charge in [0.2, 0.25) is 5.95 Å². The fraction of sp³-hybridized carbons (Fsp3) is 0.167. The van der Waals surface area contributed by atoms with Gasteiger partial charge in [0.1, 0.15) is 0 Å². The van der Waals surface area contributed by atoms with Crippen molar-refractivity contribution >= 4 is 23.4 Å². The summed E-state index contributed by atoms with van der Waals surface area (Å²) in [5, 5.41) is 0.708. The van der Waals surface area contributed by atoms with Gasteiger partial charge >= 0.3 is 0 Å². The summed E-state index contributed by atoms with van der Waals surface area (Å²) < 4.78 is 12.5. The highest BCUT2D eigenvalue weighted by Gasteiger charge is 2.00. The van der Waals surface area contributed by atoms with Crippen LogP contribution in [0.3, 0.4) is 0 Å². The van der Waals surface area contributed by atoms with Crippen molar-refractivity contribution in [1.29, 1.82) is 0 Å². The molecule has 0 aliphatic carbocycles. The molecular formula is C6H5ClFNS. The average molecular weight is 178 g/mol. The highest BCUT2D eigenvalue weighted by atomic mass is 35.5. The lowest BCUT2D eigenvalue weighted by Crippen LogP contribution is -1.84. The van der Waals surface area contributed by atoms with E-state index in [0.29, 0.717) is 5.03 Å². The number of hydrogen-bond donors (Lipinski definition) is 0. The molecule has 0 radical (unpaired) electrons. The highest BCUT2D eigenvalue weighted by Crippen LogP contribution is 2.17. The maximum atomic E-state index is 12.5. The summed E-state index contributed by atoms with van der Waals surface area (Å²) in [6.07, 6.45) is 1.83. The Morgan fingerprint density at radius 2 is 2.30 bits per heavy atom. The van der Waals surface area contributed by atoms with Crippen molar-refractivity contribution in [3.63, 3.8) is 0 Å². The third kappa shape index (κ3) is 1.61. The first-order valence-electron chi connectivity index (χ1n) is 2.60. The molecule has 54 valence electrons. The molecule has 0 aliphatic heterocycles. The first-order valence-corrected chi connectivity index (χ1v) is 4.20. The minimum Gasteiger partial charge on any atom is -0.212 e. The molecule has 0 unspecified atom stereocenters. The number of pyridine rings is 1. The van der Waals surface area contributed by atoms with Gasteiger partial charge in [-0.05, 0) is 18.4 Å². The number of thioether (sulfide) groups is 1. The Balaban J connectivity index is 3.04. The summed E-state index contributed by atoms with van der Waals surface area (Å²) in [4.78, 5) is 3.56. The Morgan fingerprint density at radius 1 is 1.60 bits per heavy atom. The maximum Gasteiger partial charge on any atom is 0.232 e. The van der Waals surface area contributed by atoms with E-state index in [2.05, 4.69) is 4.98 Å². The number of aromatic nitrogens is 1. The Hall–Kier alpha value is -0.280. The summed E-state index contributed by atoms with van der Waals surface area (Å²) in [5.74, 6) is -0.603. The van der Waals surface area contributed by atoms with Gasteiger partial charge in [-0.25, -0.2) is 4.98 Å². The van der Waals surface area contributed by atoms with Gasteiger partial charge in [-0.2, -0.15) is 4.39 Å². The standard InChI is InChI=1S/C6H5ClFNS/c1-10-5-3-2-4(7)6(8)9-5/h2-3H,1H3. The molecule has 0 saturated heterocycles. The molecule has 10 heavy (non-hydrogen) atoms. The molecule has 0 fully saturated rings. The van der Waals surface area contributed by atoms with Gasteiger partial charge in [0, 0.05) is 0 Å². The molecule has 0 aliphatic rings. The van der Waals surface area contributed by atoms with Crippen molar-refractivity contribution in [3.8, 4) is 0 Å². The SMILES string of the molecule is CSc1ccc(Cl)c(F)n1. The Kier molecular flexibility index (Phi) is 2.51. The van der Waals surface area contributed by atoms with E-state index in [1.165, 1.54) is 17.8 Å². The van der Waals surface area contributed by atoms with Crippen LogP contribution >= 0.6 is 23.4 Å². The Morgan fingerprint density at radius 3 is 2.80 bits per heavy atom. The highest BCUT2D eigenvalue weighted by molar-refractivity contribution is 7.98. The summed E-state index contributed by atoms with van der Waals surface area (Å²) in [5.41, 5.74) is 0. The molecule has 0 bridgehead atoms. The van der Waals surface area contributed by atoms with Crippen LogP contribution in [0.1, 0.15) is 0 Å². The van der Waals surface area contributed by atoms with E-state index in [4.69, 9.17) is 11.6 Å². The van der Waals surface area contributed by atoms with Gasteiger partial charge in [-0.15, -0.1) is 11.8 Å². The third-order valence-corrected chi connectivity index (χ3v) is 1.91. The van der Waals surface area contributed by atoms with Crippen molar-refractivity contribution in [3.05, 3.63) is 23.1 Å². The van der Waals surface area contributed by atoms with Crippen LogP contribution in [0.5, 0.6) is 0 Å². The van der Waals surface area contributed by atoms with E-state index in [-0.39, 0.29) is 5.02 Å².